The Morgan fingerprint density at radius 2 is 1.62 bits per heavy atom. The van der Waals surface area contributed by atoms with Crippen molar-refractivity contribution in [2.45, 2.75) is 27.2 Å². The zero-order valence-corrected chi connectivity index (χ0v) is 10.0. The Morgan fingerprint density at radius 3 is 2.06 bits per heavy atom. The minimum absolute atomic E-state index is 0.161. The minimum Gasteiger partial charge on any atom is -0.463 e. The summed E-state index contributed by atoms with van der Waals surface area (Å²) in [6, 6.07) is 0. The van der Waals surface area contributed by atoms with Gasteiger partial charge < -0.3 is 9.47 Å². The van der Waals surface area contributed by atoms with Crippen LogP contribution in [0.4, 0.5) is 0 Å². The van der Waals surface area contributed by atoms with Crippen molar-refractivity contribution in [3.63, 3.8) is 0 Å². The zero-order valence-electron chi connectivity index (χ0n) is 10.0. The lowest BCUT2D eigenvalue weighted by atomic mass is 10.1. The van der Waals surface area contributed by atoms with E-state index in [2.05, 4.69) is 6.58 Å². The van der Waals surface area contributed by atoms with Crippen LogP contribution in [0, 0.1) is 0 Å². The number of ether oxygens (including phenoxy) is 2. The van der Waals surface area contributed by atoms with Gasteiger partial charge in [-0.15, -0.1) is 0 Å². The SMILES string of the molecule is C=C(C/C(=C\C)C(=O)OCC)C(=O)OCC. The zero-order chi connectivity index (χ0) is 12.6. The van der Waals surface area contributed by atoms with Gasteiger partial charge in [0.25, 0.3) is 0 Å². The average molecular weight is 226 g/mol. The summed E-state index contributed by atoms with van der Waals surface area (Å²) in [6.45, 7) is 9.34. The molecule has 0 atom stereocenters. The molecule has 0 aliphatic heterocycles. The normalized spacial score (nSPS) is 10.8. The maximum Gasteiger partial charge on any atom is 0.333 e. The molecule has 4 nitrogen and oxygen atoms in total. The first-order chi connectivity index (χ1) is 7.56. The van der Waals surface area contributed by atoms with Crippen LogP contribution in [0.1, 0.15) is 27.2 Å². The van der Waals surface area contributed by atoms with Crippen molar-refractivity contribution in [1.82, 2.24) is 0 Å². The Labute approximate surface area is 95.9 Å². The fourth-order valence-corrected chi connectivity index (χ4v) is 1.05. The van der Waals surface area contributed by atoms with E-state index in [1.165, 1.54) is 0 Å². The molecule has 90 valence electrons. The Hall–Kier alpha value is -1.58. The Morgan fingerprint density at radius 1 is 1.12 bits per heavy atom. The molecule has 0 radical (unpaired) electrons. The van der Waals surface area contributed by atoms with E-state index >= 15 is 0 Å². The van der Waals surface area contributed by atoms with Gasteiger partial charge >= 0.3 is 11.9 Å². The van der Waals surface area contributed by atoms with Gasteiger partial charge in [-0.25, -0.2) is 9.59 Å². The molecule has 0 heterocycles. The first-order valence-electron chi connectivity index (χ1n) is 5.23. The van der Waals surface area contributed by atoms with Crippen molar-refractivity contribution >= 4 is 11.9 Å². The van der Waals surface area contributed by atoms with Gasteiger partial charge in [0.05, 0.1) is 13.2 Å². The Kier molecular flexibility index (Phi) is 6.92. The fraction of sp³-hybridized carbons (Fsp3) is 0.500. The van der Waals surface area contributed by atoms with Crippen LogP contribution in [0.15, 0.2) is 23.8 Å². The van der Waals surface area contributed by atoms with Gasteiger partial charge in [0, 0.05) is 17.6 Å². The second-order valence-electron chi connectivity index (χ2n) is 3.04. The number of carbonyl (C=O) groups is 2. The predicted octanol–water partition coefficient (Wildman–Crippen LogP) is 2.01. The number of esters is 2. The third-order valence-electron chi connectivity index (χ3n) is 1.85. The van der Waals surface area contributed by atoms with Crippen LogP contribution in [0.3, 0.4) is 0 Å². The van der Waals surface area contributed by atoms with Crippen molar-refractivity contribution in [2.75, 3.05) is 13.2 Å². The van der Waals surface area contributed by atoms with E-state index < -0.39 is 11.9 Å². The highest BCUT2D eigenvalue weighted by Gasteiger charge is 2.15. The number of hydrogen-bond donors (Lipinski definition) is 0. The molecule has 0 saturated heterocycles. The first kappa shape index (κ1) is 14.4. The predicted molar refractivity (Wildman–Crippen MR) is 60.8 cm³/mol. The van der Waals surface area contributed by atoms with E-state index in [0.717, 1.165) is 0 Å². The van der Waals surface area contributed by atoms with Crippen molar-refractivity contribution in [1.29, 1.82) is 0 Å². The summed E-state index contributed by atoms with van der Waals surface area (Å²) in [5, 5.41) is 0. The average Bonchev–Trinajstić information content (AvgIpc) is 2.26. The van der Waals surface area contributed by atoms with Gasteiger partial charge in [-0.2, -0.15) is 0 Å². The summed E-state index contributed by atoms with van der Waals surface area (Å²) in [7, 11) is 0. The maximum absolute atomic E-state index is 11.4. The van der Waals surface area contributed by atoms with E-state index in [0.29, 0.717) is 18.8 Å². The van der Waals surface area contributed by atoms with Crippen LogP contribution in [0.25, 0.3) is 0 Å². The van der Waals surface area contributed by atoms with Crippen molar-refractivity contribution < 1.29 is 19.1 Å². The number of carbonyl (C=O) groups excluding carboxylic acids is 2. The number of allylic oxidation sites excluding steroid dienone is 1. The van der Waals surface area contributed by atoms with Gasteiger partial charge in [0.1, 0.15) is 0 Å². The molecule has 0 rings (SSSR count). The van der Waals surface area contributed by atoms with Crippen LogP contribution in [-0.4, -0.2) is 25.2 Å². The highest BCUT2D eigenvalue weighted by molar-refractivity contribution is 5.94. The van der Waals surface area contributed by atoms with Crippen molar-refractivity contribution in [3.05, 3.63) is 23.8 Å². The van der Waals surface area contributed by atoms with Crippen LogP contribution >= 0.6 is 0 Å². The summed E-state index contributed by atoms with van der Waals surface area (Å²) in [6.07, 6.45) is 1.77. The largest absolute Gasteiger partial charge is 0.463 e. The molecule has 0 aromatic heterocycles. The molecular formula is C12H18O4. The van der Waals surface area contributed by atoms with Crippen molar-refractivity contribution in [2.24, 2.45) is 0 Å². The second-order valence-corrected chi connectivity index (χ2v) is 3.04. The molecule has 0 fully saturated rings. The third kappa shape index (κ3) is 4.77. The summed E-state index contributed by atoms with van der Waals surface area (Å²) in [5.74, 6) is -0.901. The van der Waals surface area contributed by atoms with E-state index in [-0.39, 0.29) is 12.0 Å². The Bertz CT molecular complexity index is 302. The molecular weight excluding hydrogens is 208 g/mol. The summed E-state index contributed by atoms with van der Waals surface area (Å²) < 4.78 is 9.61. The lowest BCUT2D eigenvalue weighted by molar-refractivity contribution is -0.139. The molecule has 0 aromatic carbocycles. The number of hydrogen-bond acceptors (Lipinski definition) is 4. The topological polar surface area (TPSA) is 52.6 Å². The molecule has 0 aliphatic carbocycles. The fourth-order valence-electron chi connectivity index (χ4n) is 1.05. The Balaban J connectivity index is 4.40. The molecule has 0 amide bonds. The molecule has 16 heavy (non-hydrogen) atoms. The quantitative estimate of drug-likeness (QED) is 0.513. The lowest BCUT2D eigenvalue weighted by Crippen LogP contribution is -2.12. The molecule has 4 heteroatoms. The molecule has 0 N–H and O–H groups in total. The first-order valence-corrected chi connectivity index (χ1v) is 5.23. The van der Waals surface area contributed by atoms with Gasteiger partial charge in [0.15, 0.2) is 0 Å². The summed E-state index contributed by atoms with van der Waals surface area (Å²) in [5.41, 5.74) is 0.669. The van der Waals surface area contributed by atoms with Gasteiger partial charge in [-0.1, -0.05) is 12.7 Å². The molecule has 0 spiro atoms. The maximum atomic E-state index is 11.4. The van der Waals surface area contributed by atoms with E-state index in [1.807, 2.05) is 0 Å². The summed E-state index contributed by atoms with van der Waals surface area (Å²) >= 11 is 0. The minimum atomic E-state index is -0.480. The third-order valence-corrected chi connectivity index (χ3v) is 1.85. The van der Waals surface area contributed by atoms with Gasteiger partial charge in [-0.3, -0.25) is 0 Å². The highest BCUT2D eigenvalue weighted by Crippen LogP contribution is 2.12. The van der Waals surface area contributed by atoms with E-state index in [9.17, 15) is 9.59 Å². The van der Waals surface area contributed by atoms with Crippen LogP contribution in [0.5, 0.6) is 0 Å². The number of rotatable bonds is 6. The molecule has 0 aromatic rings. The van der Waals surface area contributed by atoms with Crippen LogP contribution in [0.2, 0.25) is 0 Å². The molecule has 0 saturated carbocycles. The smallest absolute Gasteiger partial charge is 0.333 e. The summed E-state index contributed by atoms with van der Waals surface area (Å²) in [4.78, 5) is 22.7. The van der Waals surface area contributed by atoms with E-state index in [1.54, 1.807) is 26.8 Å². The standard InChI is InChI=1S/C12H18O4/c1-5-10(12(14)16-7-3)8-9(4)11(13)15-6-2/h5H,4,6-8H2,1-3H3/b10-5+. The van der Waals surface area contributed by atoms with Crippen LogP contribution in [-0.2, 0) is 19.1 Å². The molecule has 0 aliphatic rings. The monoisotopic (exact) mass is 226 g/mol. The highest BCUT2D eigenvalue weighted by atomic mass is 16.5. The van der Waals surface area contributed by atoms with Gasteiger partial charge in [-0.05, 0) is 20.8 Å². The van der Waals surface area contributed by atoms with Crippen LogP contribution < -0.4 is 0 Å². The molecule has 0 bridgehead atoms. The van der Waals surface area contributed by atoms with Crippen molar-refractivity contribution in [3.8, 4) is 0 Å². The van der Waals surface area contributed by atoms with E-state index in [4.69, 9.17) is 9.47 Å². The lowest BCUT2D eigenvalue weighted by Gasteiger charge is -2.08. The molecule has 0 unspecified atom stereocenters. The van der Waals surface area contributed by atoms with Gasteiger partial charge in [0.2, 0.25) is 0 Å². The second kappa shape index (κ2) is 7.68.